The van der Waals surface area contributed by atoms with Gasteiger partial charge in [-0.2, -0.15) is 5.26 Å². The lowest BCUT2D eigenvalue weighted by Gasteiger charge is -2.15. The number of hydrogen-bond donors (Lipinski definition) is 0. The van der Waals surface area contributed by atoms with E-state index in [0.717, 1.165) is 37.5 Å². The monoisotopic (exact) mass is 510 g/mol. The average Bonchev–Trinajstić information content (AvgIpc) is 3.56. The van der Waals surface area contributed by atoms with Gasteiger partial charge in [0.1, 0.15) is 18.1 Å². The number of ether oxygens (including phenoxy) is 2. The number of likely N-dealkylation sites (tertiary alicyclic amines) is 1. The van der Waals surface area contributed by atoms with Crippen LogP contribution in [0.1, 0.15) is 42.4 Å². The van der Waals surface area contributed by atoms with E-state index in [1.807, 2.05) is 23.5 Å². The molecule has 0 N–H and O–H groups in total. The molecule has 1 aliphatic rings. The largest absolute Gasteiger partial charge is 0.494 e. The molecule has 3 aromatic carbocycles. The number of hydrogen-bond acceptors (Lipinski definition) is 5. The summed E-state index contributed by atoms with van der Waals surface area (Å²) in [5.74, 6) is 1.79. The molecule has 37 heavy (non-hydrogen) atoms. The van der Waals surface area contributed by atoms with Crippen molar-refractivity contribution in [2.75, 3.05) is 32.8 Å². The van der Waals surface area contributed by atoms with Crippen LogP contribution in [0.4, 0.5) is 0 Å². The van der Waals surface area contributed by atoms with Crippen LogP contribution in [0.2, 0.25) is 0 Å². The van der Waals surface area contributed by atoms with E-state index in [-0.39, 0.29) is 0 Å². The van der Waals surface area contributed by atoms with Crippen molar-refractivity contribution in [2.24, 2.45) is 0 Å². The number of fused-ring (bicyclic) bond motifs is 1. The lowest BCUT2D eigenvalue weighted by atomic mass is 9.98. The predicted molar refractivity (Wildman–Crippen MR) is 153 cm³/mol. The molecule has 0 radical (unpaired) electrons. The summed E-state index contributed by atoms with van der Waals surface area (Å²) in [6.07, 6.45) is 4.77. The molecule has 0 saturated carbocycles. The molecular formula is C32H34N2O2S. The molecule has 0 unspecified atom stereocenters. The first-order valence-corrected chi connectivity index (χ1v) is 14.1. The van der Waals surface area contributed by atoms with Crippen molar-refractivity contribution >= 4 is 21.4 Å². The number of nitriles is 1. The molecule has 2 heterocycles. The number of aryl methyl sites for hydroxylation is 1. The first-order chi connectivity index (χ1) is 18.2. The van der Waals surface area contributed by atoms with Crippen LogP contribution < -0.4 is 9.47 Å². The third-order valence-corrected chi connectivity index (χ3v) is 8.19. The van der Waals surface area contributed by atoms with Crippen molar-refractivity contribution in [3.8, 4) is 28.0 Å². The average molecular weight is 511 g/mol. The van der Waals surface area contributed by atoms with Gasteiger partial charge in [-0.1, -0.05) is 24.3 Å². The Morgan fingerprint density at radius 1 is 0.892 bits per heavy atom. The molecule has 4 nitrogen and oxygen atoms in total. The Balaban J connectivity index is 1.32. The van der Waals surface area contributed by atoms with E-state index >= 15 is 0 Å². The zero-order chi connectivity index (χ0) is 25.5. The highest BCUT2D eigenvalue weighted by atomic mass is 32.1. The van der Waals surface area contributed by atoms with Crippen molar-refractivity contribution in [1.29, 1.82) is 5.26 Å². The second-order valence-corrected chi connectivity index (χ2v) is 10.8. The van der Waals surface area contributed by atoms with Crippen LogP contribution in [-0.2, 0) is 6.42 Å². The third kappa shape index (κ3) is 6.52. The Bertz CT molecular complexity index is 1350. The summed E-state index contributed by atoms with van der Waals surface area (Å²) in [7, 11) is 0. The Morgan fingerprint density at radius 2 is 1.59 bits per heavy atom. The Hall–Kier alpha value is -3.33. The fraction of sp³-hybridized carbons (Fsp3) is 0.344. The van der Waals surface area contributed by atoms with Gasteiger partial charge in [0.05, 0.1) is 12.7 Å². The van der Waals surface area contributed by atoms with Gasteiger partial charge in [-0.3, -0.25) is 4.90 Å². The van der Waals surface area contributed by atoms with Crippen molar-refractivity contribution in [3.05, 3.63) is 83.4 Å². The molecular weight excluding hydrogens is 476 g/mol. The van der Waals surface area contributed by atoms with Crippen LogP contribution >= 0.6 is 11.3 Å². The maximum Gasteiger partial charge on any atom is 0.119 e. The van der Waals surface area contributed by atoms with E-state index in [1.54, 1.807) is 0 Å². The minimum atomic E-state index is 0.522. The van der Waals surface area contributed by atoms with Crippen LogP contribution in [-0.4, -0.2) is 37.7 Å². The fourth-order valence-electron chi connectivity index (χ4n) is 4.92. The number of unbranched alkanes of at least 4 members (excludes halogenated alkanes) is 1. The number of nitrogens with zero attached hydrogens (tertiary/aromatic N) is 2. The second kappa shape index (κ2) is 12.3. The zero-order valence-electron chi connectivity index (χ0n) is 21.5. The molecule has 1 fully saturated rings. The SMILES string of the molecule is Cc1ccc2c(Cc3ccc(OCCN4CCCC4)cc3)c(-c3ccc(OCCCC#N)cc3)sc2c1. The van der Waals surface area contributed by atoms with E-state index in [4.69, 9.17) is 14.7 Å². The lowest BCUT2D eigenvalue weighted by Crippen LogP contribution is -2.25. The summed E-state index contributed by atoms with van der Waals surface area (Å²) in [5, 5.41) is 10.0. The zero-order valence-corrected chi connectivity index (χ0v) is 22.4. The lowest BCUT2D eigenvalue weighted by molar-refractivity contribution is 0.238. The van der Waals surface area contributed by atoms with Gasteiger partial charge in [0, 0.05) is 22.5 Å². The van der Waals surface area contributed by atoms with Gasteiger partial charge in [0.25, 0.3) is 0 Å². The van der Waals surface area contributed by atoms with Gasteiger partial charge < -0.3 is 9.47 Å². The second-order valence-electron chi connectivity index (χ2n) is 9.76. The summed E-state index contributed by atoms with van der Waals surface area (Å²) in [6, 6.07) is 25.9. The number of thiophene rings is 1. The molecule has 0 bridgehead atoms. The summed E-state index contributed by atoms with van der Waals surface area (Å²) in [4.78, 5) is 3.79. The van der Waals surface area contributed by atoms with Gasteiger partial charge in [0.2, 0.25) is 0 Å². The van der Waals surface area contributed by atoms with Crippen LogP contribution in [0.15, 0.2) is 66.7 Å². The molecule has 1 aliphatic heterocycles. The highest BCUT2D eigenvalue weighted by molar-refractivity contribution is 7.22. The van der Waals surface area contributed by atoms with Gasteiger partial charge >= 0.3 is 0 Å². The van der Waals surface area contributed by atoms with E-state index in [2.05, 4.69) is 72.5 Å². The van der Waals surface area contributed by atoms with Gasteiger partial charge in [0.15, 0.2) is 0 Å². The van der Waals surface area contributed by atoms with Crippen molar-refractivity contribution in [3.63, 3.8) is 0 Å². The molecule has 0 atom stereocenters. The van der Waals surface area contributed by atoms with E-state index in [0.29, 0.717) is 13.0 Å². The molecule has 5 heteroatoms. The number of rotatable bonds is 11. The van der Waals surface area contributed by atoms with Gasteiger partial charge in [-0.15, -0.1) is 11.3 Å². The van der Waals surface area contributed by atoms with Crippen LogP contribution in [0.3, 0.4) is 0 Å². The van der Waals surface area contributed by atoms with E-state index < -0.39 is 0 Å². The normalized spacial score (nSPS) is 13.6. The highest BCUT2D eigenvalue weighted by Crippen LogP contribution is 2.40. The summed E-state index contributed by atoms with van der Waals surface area (Å²) < 4.78 is 13.1. The quantitative estimate of drug-likeness (QED) is 0.195. The minimum absolute atomic E-state index is 0.522. The first-order valence-electron chi connectivity index (χ1n) is 13.3. The summed E-state index contributed by atoms with van der Waals surface area (Å²) in [5.41, 5.74) is 5.14. The maximum absolute atomic E-state index is 8.71. The molecule has 4 aromatic rings. The fourth-order valence-corrected chi connectivity index (χ4v) is 6.24. The first kappa shape index (κ1) is 25.3. The highest BCUT2D eigenvalue weighted by Gasteiger charge is 2.15. The van der Waals surface area contributed by atoms with Crippen LogP contribution in [0.25, 0.3) is 20.5 Å². The summed E-state index contributed by atoms with van der Waals surface area (Å²) in [6.45, 7) is 6.89. The van der Waals surface area contributed by atoms with Crippen molar-refractivity contribution in [2.45, 2.75) is 39.0 Å². The van der Waals surface area contributed by atoms with E-state index in [9.17, 15) is 0 Å². The van der Waals surface area contributed by atoms with Crippen molar-refractivity contribution in [1.82, 2.24) is 4.90 Å². The minimum Gasteiger partial charge on any atom is -0.494 e. The Labute approximate surface area is 224 Å². The van der Waals surface area contributed by atoms with Crippen LogP contribution in [0.5, 0.6) is 11.5 Å². The molecule has 0 spiro atoms. The maximum atomic E-state index is 8.71. The standard InChI is InChI=1S/C32H34N2O2S/c1-24-6-15-29-30(23-25-7-11-27(12-8-25)36-21-19-34-17-3-4-18-34)32(37-31(29)22-24)26-9-13-28(14-10-26)35-20-5-2-16-33/h6-15,22H,2-5,17-21,23H2,1H3. The van der Waals surface area contributed by atoms with E-state index in [1.165, 1.54) is 63.1 Å². The smallest absolute Gasteiger partial charge is 0.119 e. The molecule has 0 aliphatic carbocycles. The number of benzene rings is 3. The topological polar surface area (TPSA) is 45.5 Å². The molecule has 190 valence electrons. The molecule has 5 rings (SSSR count). The summed E-state index contributed by atoms with van der Waals surface area (Å²) >= 11 is 1.86. The third-order valence-electron chi connectivity index (χ3n) is 6.95. The Kier molecular flexibility index (Phi) is 8.40. The van der Waals surface area contributed by atoms with Crippen LogP contribution in [0, 0.1) is 18.3 Å². The van der Waals surface area contributed by atoms with Gasteiger partial charge in [-0.25, -0.2) is 0 Å². The van der Waals surface area contributed by atoms with Gasteiger partial charge in [-0.05, 0) is 116 Å². The Morgan fingerprint density at radius 3 is 2.32 bits per heavy atom. The molecule has 1 aromatic heterocycles. The molecule has 0 amide bonds. The molecule has 1 saturated heterocycles. The predicted octanol–water partition coefficient (Wildman–Crippen LogP) is 7.62. The van der Waals surface area contributed by atoms with Crippen molar-refractivity contribution < 1.29 is 9.47 Å².